The highest BCUT2D eigenvalue weighted by Crippen LogP contribution is 2.26. The second-order valence-electron chi connectivity index (χ2n) is 3.75. The van der Waals surface area contributed by atoms with Crippen LogP contribution in [0.2, 0.25) is 0 Å². The van der Waals surface area contributed by atoms with Crippen LogP contribution in [0.25, 0.3) is 0 Å². The summed E-state index contributed by atoms with van der Waals surface area (Å²) in [6.45, 7) is 0. The Balaban J connectivity index is 2.13. The summed E-state index contributed by atoms with van der Waals surface area (Å²) in [5.74, 6) is 1.01. The van der Waals surface area contributed by atoms with Crippen LogP contribution < -0.4 is 4.90 Å². The van der Waals surface area contributed by atoms with Crippen molar-refractivity contribution in [1.82, 2.24) is 9.97 Å². The number of nitrogens with zero attached hydrogens (tertiary/aromatic N) is 3. The highest BCUT2D eigenvalue weighted by Gasteiger charge is 2.20. The van der Waals surface area contributed by atoms with E-state index in [1.165, 1.54) is 25.7 Å². The summed E-state index contributed by atoms with van der Waals surface area (Å²) in [4.78, 5) is 10.6. The molecule has 14 heavy (non-hydrogen) atoms. The highest BCUT2D eigenvalue weighted by molar-refractivity contribution is 9.10. The van der Waals surface area contributed by atoms with E-state index in [-0.39, 0.29) is 0 Å². The van der Waals surface area contributed by atoms with E-state index in [2.05, 4.69) is 37.8 Å². The fourth-order valence-corrected chi connectivity index (χ4v) is 2.29. The maximum atomic E-state index is 4.27. The molecule has 1 fully saturated rings. The molecule has 0 aliphatic heterocycles. The first-order valence-corrected chi connectivity index (χ1v) is 5.77. The van der Waals surface area contributed by atoms with E-state index >= 15 is 0 Å². The van der Waals surface area contributed by atoms with E-state index in [0.717, 1.165) is 10.4 Å². The lowest BCUT2D eigenvalue weighted by Gasteiger charge is -2.25. The van der Waals surface area contributed by atoms with Gasteiger partial charge in [0, 0.05) is 19.2 Å². The maximum absolute atomic E-state index is 4.27. The van der Waals surface area contributed by atoms with Gasteiger partial charge in [-0.3, -0.25) is 0 Å². The Morgan fingerprint density at radius 3 is 2.71 bits per heavy atom. The molecule has 1 aliphatic carbocycles. The predicted molar refractivity (Wildman–Crippen MR) is 60.4 cm³/mol. The summed E-state index contributed by atoms with van der Waals surface area (Å²) in [7, 11) is 2.12. The summed E-state index contributed by atoms with van der Waals surface area (Å²) in [5.41, 5.74) is 0. The van der Waals surface area contributed by atoms with Gasteiger partial charge in [0.25, 0.3) is 0 Å². The monoisotopic (exact) mass is 255 g/mol. The van der Waals surface area contributed by atoms with Crippen molar-refractivity contribution in [3.05, 3.63) is 17.0 Å². The van der Waals surface area contributed by atoms with E-state index in [4.69, 9.17) is 0 Å². The van der Waals surface area contributed by atoms with Crippen molar-refractivity contribution in [1.29, 1.82) is 0 Å². The maximum Gasteiger partial charge on any atom is 0.133 e. The van der Waals surface area contributed by atoms with Gasteiger partial charge in [-0.25, -0.2) is 9.97 Å². The van der Waals surface area contributed by atoms with Crippen LogP contribution in [-0.2, 0) is 0 Å². The minimum atomic E-state index is 0.664. The zero-order valence-electron chi connectivity index (χ0n) is 8.28. The second-order valence-corrected chi connectivity index (χ2v) is 4.56. The lowest BCUT2D eigenvalue weighted by atomic mass is 10.2. The number of anilines is 1. The average molecular weight is 256 g/mol. The summed E-state index contributed by atoms with van der Waals surface area (Å²) >= 11 is 3.36. The molecule has 0 aromatic carbocycles. The van der Waals surface area contributed by atoms with Gasteiger partial charge in [-0.1, -0.05) is 12.8 Å². The number of aromatic nitrogens is 2. The van der Waals surface area contributed by atoms with E-state index in [1.54, 1.807) is 6.33 Å². The third kappa shape index (κ3) is 2.05. The van der Waals surface area contributed by atoms with Crippen LogP contribution in [0.3, 0.4) is 0 Å². The molecule has 1 saturated carbocycles. The summed E-state index contributed by atoms with van der Waals surface area (Å²) in [6.07, 6.45) is 6.88. The molecule has 76 valence electrons. The van der Waals surface area contributed by atoms with Gasteiger partial charge in [-0.05, 0) is 28.8 Å². The van der Waals surface area contributed by atoms with E-state index in [1.807, 2.05) is 6.07 Å². The molecular weight excluding hydrogens is 242 g/mol. The van der Waals surface area contributed by atoms with Crippen molar-refractivity contribution in [3.63, 3.8) is 0 Å². The molecule has 0 saturated heterocycles. The van der Waals surface area contributed by atoms with Crippen LogP contribution in [0.1, 0.15) is 25.7 Å². The molecule has 0 spiro atoms. The molecule has 1 aliphatic rings. The Morgan fingerprint density at radius 1 is 1.36 bits per heavy atom. The number of halogens is 1. The largest absolute Gasteiger partial charge is 0.357 e. The van der Waals surface area contributed by atoms with E-state index in [9.17, 15) is 0 Å². The van der Waals surface area contributed by atoms with Crippen molar-refractivity contribution in [2.45, 2.75) is 31.7 Å². The van der Waals surface area contributed by atoms with Crippen molar-refractivity contribution in [2.24, 2.45) is 0 Å². The van der Waals surface area contributed by atoms with E-state index in [0.29, 0.717) is 6.04 Å². The molecule has 1 heterocycles. The molecule has 0 N–H and O–H groups in total. The molecule has 2 rings (SSSR count). The Kier molecular flexibility index (Phi) is 3.01. The third-order valence-corrected chi connectivity index (χ3v) is 3.29. The molecule has 0 radical (unpaired) electrons. The van der Waals surface area contributed by atoms with Crippen LogP contribution >= 0.6 is 15.9 Å². The first-order chi connectivity index (χ1) is 6.77. The Labute approximate surface area is 92.7 Å². The first kappa shape index (κ1) is 9.90. The SMILES string of the molecule is CN(c1cc(Br)ncn1)C1CCCC1. The normalized spacial score (nSPS) is 17.3. The lowest BCUT2D eigenvalue weighted by Crippen LogP contribution is -2.29. The van der Waals surface area contributed by atoms with Gasteiger partial charge in [0.2, 0.25) is 0 Å². The zero-order chi connectivity index (χ0) is 9.97. The molecule has 4 heteroatoms. The van der Waals surface area contributed by atoms with Gasteiger partial charge in [0.1, 0.15) is 16.7 Å². The van der Waals surface area contributed by atoms with Crippen LogP contribution in [-0.4, -0.2) is 23.1 Å². The Morgan fingerprint density at radius 2 is 2.07 bits per heavy atom. The third-order valence-electron chi connectivity index (χ3n) is 2.85. The van der Waals surface area contributed by atoms with Crippen molar-refractivity contribution in [2.75, 3.05) is 11.9 Å². The van der Waals surface area contributed by atoms with Crippen LogP contribution in [0.4, 0.5) is 5.82 Å². The number of hydrogen-bond donors (Lipinski definition) is 0. The summed E-state index contributed by atoms with van der Waals surface area (Å²) in [6, 6.07) is 2.63. The first-order valence-electron chi connectivity index (χ1n) is 4.98. The molecular formula is C10H14BrN3. The van der Waals surface area contributed by atoms with Gasteiger partial charge in [-0.2, -0.15) is 0 Å². The Bertz CT molecular complexity index is 310. The van der Waals surface area contributed by atoms with Gasteiger partial charge in [0.15, 0.2) is 0 Å². The van der Waals surface area contributed by atoms with Crippen molar-refractivity contribution < 1.29 is 0 Å². The van der Waals surface area contributed by atoms with Gasteiger partial charge < -0.3 is 4.90 Å². The molecule has 0 amide bonds. The fourth-order valence-electron chi connectivity index (χ4n) is 2.00. The predicted octanol–water partition coefficient (Wildman–Crippen LogP) is 2.62. The zero-order valence-corrected chi connectivity index (χ0v) is 9.87. The molecule has 3 nitrogen and oxygen atoms in total. The highest BCUT2D eigenvalue weighted by atomic mass is 79.9. The summed E-state index contributed by atoms with van der Waals surface area (Å²) in [5, 5.41) is 0. The summed E-state index contributed by atoms with van der Waals surface area (Å²) < 4.78 is 0.854. The minimum absolute atomic E-state index is 0.664. The van der Waals surface area contributed by atoms with Gasteiger partial charge in [0.05, 0.1) is 0 Å². The minimum Gasteiger partial charge on any atom is -0.357 e. The van der Waals surface area contributed by atoms with Gasteiger partial charge >= 0.3 is 0 Å². The molecule has 1 aromatic rings. The lowest BCUT2D eigenvalue weighted by molar-refractivity contribution is 0.645. The fraction of sp³-hybridized carbons (Fsp3) is 0.600. The van der Waals surface area contributed by atoms with Crippen LogP contribution in [0, 0.1) is 0 Å². The number of rotatable bonds is 2. The topological polar surface area (TPSA) is 29.0 Å². The molecule has 0 unspecified atom stereocenters. The average Bonchev–Trinajstić information content (AvgIpc) is 2.69. The van der Waals surface area contributed by atoms with Crippen molar-refractivity contribution >= 4 is 21.7 Å². The quantitative estimate of drug-likeness (QED) is 0.761. The second kappa shape index (κ2) is 4.26. The molecule has 0 bridgehead atoms. The molecule has 0 atom stereocenters. The van der Waals surface area contributed by atoms with E-state index < -0.39 is 0 Å². The van der Waals surface area contributed by atoms with Crippen molar-refractivity contribution in [3.8, 4) is 0 Å². The van der Waals surface area contributed by atoms with Crippen LogP contribution in [0.15, 0.2) is 17.0 Å². The smallest absolute Gasteiger partial charge is 0.133 e. The van der Waals surface area contributed by atoms with Gasteiger partial charge in [-0.15, -0.1) is 0 Å². The molecule has 1 aromatic heterocycles. The standard InChI is InChI=1S/C10H14BrN3/c1-14(8-4-2-3-5-8)10-6-9(11)12-7-13-10/h6-8H,2-5H2,1H3. The number of hydrogen-bond acceptors (Lipinski definition) is 3. The van der Waals surface area contributed by atoms with Crippen LogP contribution in [0.5, 0.6) is 0 Å². The Hall–Kier alpha value is -0.640.